The topological polar surface area (TPSA) is 95.5 Å². The molecule has 3 N–H and O–H groups in total. The van der Waals surface area contributed by atoms with Gasteiger partial charge >= 0.3 is 5.97 Å². The molecule has 2 aromatic rings. The number of carbonyl (C=O) groups is 3. The minimum atomic E-state index is -1.08. The fourth-order valence-corrected chi connectivity index (χ4v) is 3.06. The second kappa shape index (κ2) is 7.82. The summed E-state index contributed by atoms with van der Waals surface area (Å²) in [6, 6.07) is 13.4. The molecular weight excluding hydrogens is 332 g/mol. The predicted molar refractivity (Wildman–Crippen MR) is 96.7 cm³/mol. The summed E-state index contributed by atoms with van der Waals surface area (Å²) < 4.78 is 0. The molecule has 26 heavy (non-hydrogen) atoms. The van der Waals surface area contributed by atoms with Gasteiger partial charge in [0.25, 0.3) is 0 Å². The summed E-state index contributed by atoms with van der Waals surface area (Å²) in [6.45, 7) is 0. The lowest BCUT2D eigenvalue weighted by atomic mass is 10.0. The van der Waals surface area contributed by atoms with Gasteiger partial charge < -0.3 is 15.7 Å². The van der Waals surface area contributed by atoms with E-state index in [4.69, 9.17) is 0 Å². The van der Waals surface area contributed by atoms with Crippen LogP contribution in [0.25, 0.3) is 0 Å². The first kappa shape index (κ1) is 17.7. The molecular formula is C20H20N2O4. The Balaban J connectivity index is 1.52. The molecule has 6 heteroatoms. The molecule has 2 aromatic carbocycles. The van der Waals surface area contributed by atoms with Gasteiger partial charge in [0.2, 0.25) is 11.8 Å². The number of amides is 2. The van der Waals surface area contributed by atoms with E-state index in [9.17, 15) is 19.5 Å². The summed E-state index contributed by atoms with van der Waals surface area (Å²) in [7, 11) is 0. The number of fused-ring (bicyclic) bond motifs is 1. The highest BCUT2D eigenvalue weighted by molar-refractivity contribution is 5.99. The Labute approximate surface area is 151 Å². The van der Waals surface area contributed by atoms with Crippen molar-refractivity contribution in [3.05, 3.63) is 65.2 Å². The Kier molecular flexibility index (Phi) is 5.31. The maximum absolute atomic E-state index is 12.1. The number of hydrogen-bond acceptors (Lipinski definition) is 3. The van der Waals surface area contributed by atoms with Gasteiger partial charge in [-0.25, -0.2) is 4.79 Å². The lowest BCUT2D eigenvalue weighted by Gasteiger charge is -2.15. The normalized spacial score (nSPS) is 13.6. The van der Waals surface area contributed by atoms with Gasteiger partial charge in [0, 0.05) is 12.1 Å². The Morgan fingerprint density at radius 2 is 1.92 bits per heavy atom. The van der Waals surface area contributed by atoms with Gasteiger partial charge in [-0.1, -0.05) is 42.5 Å². The average Bonchev–Trinajstić information content (AvgIpc) is 2.99. The van der Waals surface area contributed by atoms with Crippen molar-refractivity contribution in [3.63, 3.8) is 0 Å². The highest BCUT2D eigenvalue weighted by Gasteiger charge is 2.21. The molecule has 0 saturated heterocycles. The molecule has 0 saturated carbocycles. The number of rotatable bonds is 7. The number of nitrogens with one attached hydrogen (secondary N) is 2. The lowest BCUT2D eigenvalue weighted by molar-refractivity contribution is -0.142. The maximum Gasteiger partial charge on any atom is 0.330 e. The van der Waals surface area contributed by atoms with Crippen LogP contribution < -0.4 is 10.6 Å². The van der Waals surface area contributed by atoms with Crippen molar-refractivity contribution in [2.45, 2.75) is 31.7 Å². The summed E-state index contributed by atoms with van der Waals surface area (Å²) in [5.74, 6) is -1.38. The molecule has 1 aliphatic heterocycles. The fourth-order valence-electron chi connectivity index (χ4n) is 3.06. The molecule has 2 amide bonds. The molecule has 0 aliphatic carbocycles. The van der Waals surface area contributed by atoms with Gasteiger partial charge in [-0.3, -0.25) is 9.59 Å². The highest BCUT2D eigenvalue weighted by Crippen LogP contribution is 2.24. The van der Waals surface area contributed by atoms with Crippen LogP contribution in [0.1, 0.15) is 35.6 Å². The largest absolute Gasteiger partial charge is 0.479 e. The van der Waals surface area contributed by atoms with Crippen LogP contribution in [0.15, 0.2) is 48.5 Å². The zero-order valence-electron chi connectivity index (χ0n) is 14.2. The van der Waals surface area contributed by atoms with Crippen LogP contribution >= 0.6 is 0 Å². The van der Waals surface area contributed by atoms with Crippen molar-refractivity contribution in [1.82, 2.24) is 5.32 Å². The Morgan fingerprint density at radius 3 is 2.65 bits per heavy atom. The van der Waals surface area contributed by atoms with E-state index in [1.54, 1.807) is 30.3 Å². The first-order valence-electron chi connectivity index (χ1n) is 8.51. The van der Waals surface area contributed by atoms with Gasteiger partial charge in [0.1, 0.15) is 0 Å². The predicted octanol–water partition coefficient (Wildman–Crippen LogP) is 2.45. The highest BCUT2D eigenvalue weighted by atomic mass is 16.4. The molecule has 6 nitrogen and oxygen atoms in total. The molecule has 0 bridgehead atoms. The third-order valence-electron chi connectivity index (χ3n) is 4.35. The van der Waals surface area contributed by atoms with Crippen LogP contribution in [0.4, 0.5) is 5.69 Å². The maximum atomic E-state index is 12.1. The zero-order chi connectivity index (χ0) is 18.5. The molecule has 3 rings (SSSR count). The third kappa shape index (κ3) is 4.27. The zero-order valence-corrected chi connectivity index (χ0v) is 14.2. The van der Waals surface area contributed by atoms with E-state index in [1.807, 2.05) is 18.2 Å². The number of aryl methyl sites for hydroxylation is 1. The van der Waals surface area contributed by atoms with Crippen LogP contribution in [-0.2, 0) is 27.2 Å². The molecule has 1 atom stereocenters. The van der Waals surface area contributed by atoms with E-state index in [2.05, 4.69) is 10.6 Å². The van der Waals surface area contributed by atoms with Gasteiger partial charge in [-0.05, 0) is 35.6 Å². The quantitative estimate of drug-likeness (QED) is 0.713. The summed E-state index contributed by atoms with van der Waals surface area (Å²) in [5, 5.41) is 14.7. The van der Waals surface area contributed by atoms with Gasteiger partial charge in [-0.2, -0.15) is 0 Å². The van der Waals surface area contributed by atoms with E-state index in [0.717, 1.165) is 16.8 Å². The first-order valence-corrected chi connectivity index (χ1v) is 8.51. The van der Waals surface area contributed by atoms with Crippen molar-refractivity contribution in [2.75, 3.05) is 5.32 Å². The van der Waals surface area contributed by atoms with E-state index in [-0.39, 0.29) is 18.2 Å². The molecule has 134 valence electrons. The van der Waals surface area contributed by atoms with Crippen molar-refractivity contribution in [2.24, 2.45) is 0 Å². The molecule has 0 radical (unpaired) electrons. The fraction of sp³-hybridized carbons (Fsp3) is 0.250. The minimum Gasteiger partial charge on any atom is -0.479 e. The second-order valence-electron chi connectivity index (χ2n) is 6.32. The number of hydrogen-bond donors (Lipinski definition) is 3. The van der Waals surface area contributed by atoms with Crippen molar-refractivity contribution < 1.29 is 19.5 Å². The number of carbonyl (C=O) groups excluding carboxylic acids is 2. The summed E-state index contributed by atoms with van der Waals surface area (Å²) >= 11 is 0. The Morgan fingerprint density at radius 1 is 1.15 bits per heavy atom. The molecule has 0 spiro atoms. The van der Waals surface area contributed by atoms with Crippen LogP contribution in [0.3, 0.4) is 0 Å². The molecule has 0 fully saturated rings. The van der Waals surface area contributed by atoms with Crippen molar-refractivity contribution in [1.29, 1.82) is 0 Å². The number of carboxylic acid groups (broad SMARTS) is 1. The van der Waals surface area contributed by atoms with E-state index in [0.29, 0.717) is 24.8 Å². The van der Waals surface area contributed by atoms with Crippen molar-refractivity contribution in [3.8, 4) is 0 Å². The van der Waals surface area contributed by atoms with E-state index in [1.165, 1.54) is 0 Å². The molecule has 1 aliphatic rings. The van der Waals surface area contributed by atoms with Gasteiger partial charge in [0.05, 0.1) is 6.42 Å². The van der Waals surface area contributed by atoms with Gasteiger partial charge in [-0.15, -0.1) is 0 Å². The van der Waals surface area contributed by atoms with E-state index < -0.39 is 12.0 Å². The van der Waals surface area contributed by atoms with Crippen LogP contribution in [0.2, 0.25) is 0 Å². The Bertz CT molecular complexity index is 833. The third-order valence-corrected chi connectivity index (χ3v) is 4.35. The molecule has 1 heterocycles. The SMILES string of the molecule is O=C1Cc2cc(CCCC(=O)N[C@H](C(=O)O)c3ccccc3)ccc2N1. The lowest BCUT2D eigenvalue weighted by Crippen LogP contribution is -2.33. The number of carboxylic acids is 1. The minimum absolute atomic E-state index is 0.00264. The van der Waals surface area contributed by atoms with Crippen molar-refractivity contribution >= 4 is 23.5 Å². The Hall–Kier alpha value is -3.15. The van der Waals surface area contributed by atoms with Gasteiger partial charge in [0.15, 0.2) is 6.04 Å². The monoisotopic (exact) mass is 352 g/mol. The summed E-state index contributed by atoms with van der Waals surface area (Å²) in [5.41, 5.74) is 3.44. The second-order valence-corrected chi connectivity index (χ2v) is 6.32. The smallest absolute Gasteiger partial charge is 0.330 e. The van der Waals surface area contributed by atoms with E-state index >= 15 is 0 Å². The summed E-state index contributed by atoms with van der Waals surface area (Å²) in [4.78, 5) is 34.9. The van der Waals surface area contributed by atoms with Crippen LogP contribution in [0.5, 0.6) is 0 Å². The first-order chi connectivity index (χ1) is 12.5. The number of aliphatic carboxylic acids is 1. The molecule has 0 aromatic heterocycles. The van der Waals surface area contributed by atoms with Crippen LogP contribution in [-0.4, -0.2) is 22.9 Å². The summed E-state index contributed by atoms with van der Waals surface area (Å²) in [6.07, 6.45) is 1.93. The van der Waals surface area contributed by atoms with Crippen LogP contribution in [0, 0.1) is 0 Å². The average molecular weight is 352 g/mol. The number of benzene rings is 2. The standard InChI is InChI=1S/C20H20N2O4/c23-17(22-19(20(25)26)14-6-2-1-3-7-14)8-4-5-13-9-10-16-15(11-13)12-18(24)21-16/h1-3,6-7,9-11,19H,4-5,8,12H2,(H,21,24)(H,22,23)(H,25,26)/t19-/m0/s1. The number of anilines is 1. The molecule has 0 unspecified atom stereocenters.